The highest BCUT2D eigenvalue weighted by atomic mass is 16.5. The molecule has 2 atom stereocenters. The van der Waals surface area contributed by atoms with E-state index >= 15 is 0 Å². The van der Waals surface area contributed by atoms with Gasteiger partial charge in [-0.3, -0.25) is 0 Å². The van der Waals surface area contributed by atoms with Gasteiger partial charge in [-0.15, -0.1) is 0 Å². The molecule has 0 aliphatic carbocycles. The van der Waals surface area contributed by atoms with Crippen LogP contribution < -0.4 is 10.1 Å². The number of nitrogens with one attached hydrogen (secondary N) is 1. The van der Waals surface area contributed by atoms with Crippen molar-refractivity contribution >= 4 is 0 Å². The fraction of sp³-hybridized carbons (Fsp3) is 0.625. The van der Waals surface area contributed by atoms with Gasteiger partial charge in [-0.25, -0.2) is 0 Å². The van der Waals surface area contributed by atoms with Gasteiger partial charge in [-0.2, -0.15) is 0 Å². The fourth-order valence-electron chi connectivity index (χ4n) is 2.73. The highest BCUT2D eigenvalue weighted by Crippen LogP contribution is 2.37. The van der Waals surface area contributed by atoms with E-state index in [1.807, 2.05) is 30.3 Å². The third-order valence-corrected chi connectivity index (χ3v) is 4.17. The Bertz CT molecular complexity index is 368. The summed E-state index contributed by atoms with van der Waals surface area (Å²) in [6, 6.07) is 10.0. The van der Waals surface area contributed by atoms with Gasteiger partial charge in [0.1, 0.15) is 5.75 Å². The van der Waals surface area contributed by atoms with Gasteiger partial charge in [-0.05, 0) is 38.4 Å². The smallest absolute Gasteiger partial charge is 0.119 e. The van der Waals surface area contributed by atoms with Crippen LogP contribution in [0.15, 0.2) is 30.3 Å². The molecule has 1 heterocycles. The molecule has 0 amide bonds. The topological polar surface area (TPSA) is 30.5 Å². The third-order valence-electron chi connectivity index (χ3n) is 4.17. The van der Waals surface area contributed by atoms with Gasteiger partial charge in [0.2, 0.25) is 0 Å². The van der Waals surface area contributed by atoms with Crippen LogP contribution in [0.5, 0.6) is 5.75 Å². The Morgan fingerprint density at radius 1 is 1.37 bits per heavy atom. The van der Waals surface area contributed by atoms with Crippen LogP contribution in [-0.4, -0.2) is 32.4 Å². The molecule has 1 aliphatic rings. The summed E-state index contributed by atoms with van der Waals surface area (Å²) in [6.45, 7) is 7.99. The first-order valence-corrected chi connectivity index (χ1v) is 7.27. The van der Waals surface area contributed by atoms with Crippen molar-refractivity contribution in [3.05, 3.63) is 30.3 Å². The van der Waals surface area contributed by atoms with E-state index in [4.69, 9.17) is 9.47 Å². The highest BCUT2D eigenvalue weighted by molar-refractivity contribution is 5.20. The van der Waals surface area contributed by atoms with E-state index in [1.165, 1.54) is 0 Å². The Kier molecular flexibility index (Phi) is 5.23. The van der Waals surface area contributed by atoms with Crippen molar-refractivity contribution in [2.24, 2.45) is 5.41 Å². The van der Waals surface area contributed by atoms with E-state index in [0.717, 1.165) is 44.9 Å². The minimum Gasteiger partial charge on any atom is -0.494 e. The second-order valence-electron chi connectivity index (χ2n) is 5.32. The SMILES string of the molecule is CCNCC1(CCOc2ccccc2)CCOC1C. The predicted octanol–water partition coefficient (Wildman–Crippen LogP) is 2.86. The van der Waals surface area contributed by atoms with Gasteiger partial charge in [0.25, 0.3) is 0 Å². The molecule has 0 bridgehead atoms. The molecule has 0 spiro atoms. The maximum atomic E-state index is 5.84. The van der Waals surface area contributed by atoms with Gasteiger partial charge >= 0.3 is 0 Å². The van der Waals surface area contributed by atoms with E-state index in [0.29, 0.717) is 6.10 Å². The standard InChI is InChI=1S/C16H25NO2/c1-3-17-13-16(9-11-18-14(16)2)10-12-19-15-7-5-4-6-8-15/h4-8,14,17H,3,9-13H2,1-2H3. The normalized spacial score (nSPS) is 26.5. The van der Waals surface area contributed by atoms with E-state index in [9.17, 15) is 0 Å². The molecule has 106 valence electrons. The molecule has 2 rings (SSSR count). The fourth-order valence-corrected chi connectivity index (χ4v) is 2.73. The van der Waals surface area contributed by atoms with Gasteiger partial charge < -0.3 is 14.8 Å². The van der Waals surface area contributed by atoms with Gasteiger partial charge in [0.05, 0.1) is 12.7 Å². The van der Waals surface area contributed by atoms with Crippen molar-refractivity contribution in [3.63, 3.8) is 0 Å². The van der Waals surface area contributed by atoms with E-state index in [1.54, 1.807) is 0 Å². The lowest BCUT2D eigenvalue weighted by Crippen LogP contribution is -2.40. The molecule has 2 unspecified atom stereocenters. The van der Waals surface area contributed by atoms with Crippen LogP contribution in [0.25, 0.3) is 0 Å². The molecular weight excluding hydrogens is 238 g/mol. The maximum absolute atomic E-state index is 5.84. The lowest BCUT2D eigenvalue weighted by atomic mass is 9.78. The molecule has 1 aromatic rings. The summed E-state index contributed by atoms with van der Waals surface area (Å²) in [6.07, 6.45) is 2.47. The molecule has 1 N–H and O–H groups in total. The maximum Gasteiger partial charge on any atom is 0.119 e. The Labute approximate surface area is 116 Å². The van der Waals surface area contributed by atoms with Gasteiger partial charge in [0, 0.05) is 18.6 Å². The quantitative estimate of drug-likeness (QED) is 0.820. The van der Waals surface area contributed by atoms with Crippen molar-refractivity contribution in [2.75, 3.05) is 26.3 Å². The van der Waals surface area contributed by atoms with Crippen molar-refractivity contribution in [3.8, 4) is 5.75 Å². The van der Waals surface area contributed by atoms with Crippen LogP contribution in [0.1, 0.15) is 26.7 Å². The minimum atomic E-state index is 0.227. The average molecular weight is 263 g/mol. The second-order valence-corrected chi connectivity index (χ2v) is 5.32. The summed E-state index contributed by atoms with van der Waals surface area (Å²) in [4.78, 5) is 0. The van der Waals surface area contributed by atoms with Crippen LogP contribution >= 0.6 is 0 Å². The number of para-hydroxylation sites is 1. The zero-order valence-corrected chi connectivity index (χ0v) is 12.0. The van der Waals surface area contributed by atoms with Crippen molar-refractivity contribution in [1.82, 2.24) is 5.32 Å². The van der Waals surface area contributed by atoms with Crippen LogP contribution in [0, 0.1) is 5.41 Å². The molecule has 0 saturated carbocycles. The first-order valence-electron chi connectivity index (χ1n) is 7.27. The Morgan fingerprint density at radius 2 is 2.16 bits per heavy atom. The van der Waals surface area contributed by atoms with Crippen molar-refractivity contribution < 1.29 is 9.47 Å². The van der Waals surface area contributed by atoms with E-state index in [-0.39, 0.29) is 5.41 Å². The summed E-state index contributed by atoms with van der Waals surface area (Å²) in [5, 5.41) is 3.47. The summed E-state index contributed by atoms with van der Waals surface area (Å²) >= 11 is 0. The molecule has 0 radical (unpaired) electrons. The largest absolute Gasteiger partial charge is 0.494 e. The lowest BCUT2D eigenvalue weighted by molar-refractivity contribution is 0.0507. The molecule has 0 aromatic heterocycles. The summed E-state index contributed by atoms with van der Waals surface area (Å²) in [5.74, 6) is 0.952. The molecule has 1 aliphatic heterocycles. The number of benzene rings is 1. The monoisotopic (exact) mass is 263 g/mol. The second kappa shape index (κ2) is 6.92. The zero-order chi connectivity index (χ0) is 13.6. The molecular formula is C16H25NO2. The van der Waals surface area contributed by atoms with Crippen LogP contribution in [0.4, 0.5) is 0 Å². The third kappa shape index (κ3) is 3.71. The molecule has 3 heteroatoms. The molecule has 1 fully saturated rings. The molecule has 1 aromatic carbocycles. The van der Waals surface area contributed by atoms with Gasteiger partial charge in [-0.1, -0.05) is 25.1 Å². The summed E-state index contributed by atoms with van der Waals surface area (Å²) in [5.41, 5.74) is 0.227. The minimum absolute atomic E-state index is 0.227. The summed E-state index contributed by atoms with van der Waals surface area (Å²) in [7, 11) is 0. The first-order chi connectivity index (χ1) is 9.27. The zero-order valence-electron chi connectivity index (χ0n) is 12.0. The van der Waals surface area contributed by atoms with Crippen molar-refractivity contribution in [1.29, 1.82) is 0 Å². The number of hydrogen-bond acceptors (Lipinski definition) is 3. The molecule has 3 nitrogen and oxygen atoms in total. The van der Waals surface area contributed by atoms with Gasteiger partial charge in [0.15, 0.2) is 0 Å². The van der Waals surface area contributed by atoms with E-state index < -0.39 is 0 Å². The van der Waals surface area contributed by atoms with Crippen LogP contribution in [0.3, 0.4) is 0 Å². The summed E-state index contributed by atoms with van der Waals surface area (Å²) < 4.78 is 11.6. The number of hydrogen-bond donors (Lipinski definition) is 1. The predicted molar refractivity (Wildman–Crippen MR) is 77.6 cm³/mol. The molecule has 1 saturated heterocycles. The Morgan fingerprint density at radius 3 is 2.79 bits per heavy atom. The molecule has 19 heavy (non-hydrogen) atoms. The highest BCUT2D eigenvalue weighted by Gasteiger charge is 2.40. The van der Waals surface area contributed by atoms with Crippen LogP contribution in [0.2, 0.25) is 0 Å². The average Bonchev–Trinajstić information content (AvgIpc) is 2.80. The van der Waals surface area contributed by atoms with Crippen LogP contribution in [-0.2, 0) is 4.74 Å². The number of ether oxygens (including phenoxy) is 2. The first kappa shape index (κ1) is 14.4. The Hall–Kier alpha value is -1.06. The van der Waals surface area contributed by atoms with E-state index in [2.05, 4.69) is 19.2 Å². The number of rotatable bonds is 7. The van der Waals surface area contributed by atoms with Crippen molar-refractivity contribution in [2.45, 2.75) is 32.8 Å². The Balaban J connectivity index is 1.86. The lowest BCUT2D eigenvalue weighted by Gasteiger charge is -2.32.